The molecule has 0 spiro atoms. The molecule has 0 unspecified atom stereocenters. The molecule has 0 aromatic carbocycles. The van der Waals surface area contributed by atoms with Gasteiger partial charge in [-0.3, -0.25) is 4.79 Å². The maximum absolute atomic E-state index is 13.9. The van der Waals surface area contributed by atoms with Gasteiger partial charge in [-0.15, -0.1) is 22.7 Å². The predicted octanol–water partition coefficient (Wildman–Crippen LogP) is 10.5. The molecule has 1 aliphatic carbocycles. The third-order valence-corrected chi connectivity index (χ3v) is 13.2. The molecule has 0 atom stereocenters. The Balaban J connectivity index is 1.81. The molecule has 0 saturated carbocycles. The highest BCUT2D eigenvalue weighted by Crippen LogP contribution is 2.49. The number of carbonyl (C=O) groups excluding carboxylic acids is 1. The minimum Gasteiger partial charge on any atom is -0.288 e. The van der Waals surface area contributed by atoms with Crippen LogP contribution in [0.2, 0.25) is 19.6 Å². The Hall–Kier alpha value is -3.17. The summed E-state index contributed by atoms with van der Waals surface area (Å²) in [6.07, 6.45) is 16.1. The Morgan fingerprint density at radius 1 is 0.732 bits per heavy atom. The molecule has 0 bridgehead atoms. The van der Waals surface area contributed by atoms with Crippen molar-refractivity contribution >= 4 is 47.1 Å². The van der Waals surface area contributed by atoms with Gasteiger partial charge in [0.25, 0.3) is 0 Å². The van der Waals surface area contributed by atoms with Gasteiger partial charge in [-0.1, -0.05) is 95.8 Å². The van der Waals surface area contributed by atoms with Crippen molar-refractivity contribution in [3.63, 3.8) is 0 Å². The quantitative estimate of drug-likeness (QED) is 0.110. The molecule has 210 valence electrons. The number of rotatable bonds is 13. The van der Waals surface area contributed by atoms with E-state index >= 15 is 0 Å². The Labute approximate surface area is 255 Å². The van der Waals surface area contributed by atoms with E-state index in [0.717, 1.165) is 39.3 Å². The van der Waals surface area contributed by atoms with Crippen LogP contribution in [0, 0.1) is 6.92 Å². The van der Waals surface area contributed by atoms with E-state index in [1.807, 2.05) is 17.4 Å². The second kappa shape index (κ2) is 16.3. The second-order valence-electron chi connectivity index (χ2n) is 11.4. The number of fused-ring (bicyclic) bond motifs is 3. The van der Waals surface area contributed by atoms with Gasteiger partial charge in [0, 0.05) is 16.0 Å². The fraction of sp³-hybridized carbons (Fsp3) is 0.432. The van der Waals surface area contributed by atoms with Gasteiger partial charge in [0.1, 0.15) is 0 Å². The third kappa shape index (κ3) is 8.90. The molecule has 0 fully saturated rings. The zero-order chi connectivity index (χ0) is 29.7. The number of hydrogen-bond donors (Lipinski definition) is 0. The van der Waals surface area contributed by atoms with Crippen LogP contribution in [0.25, 0.3) is 15.8 Å². The molecule has 3 rings (SSSR count). The number of thiophene rings is 2. The first-order valence-electron chi connectivity index (χ1n) is 14.8. The Bertz CT molecular complexity index is 1660. The van der Waals surface area contributed by atoms with Gasteiger partial charge < -0.3 is 0 Å². The monoisotopic (exact) mass is 592 g/mol. The van der Waals surface area contributed by atoms with Crippen molar-refractivity contribution in [2.45, 2.75) is 104 Å². The number of carbonyl (C=O) groups is 1. The van der Waals surface area contributed by atoms with Crippen molar-refractivity contribution in [3.05, 3.63) is 91.0 Å². The molecule has 41 heavy (non-hydrogen) atoms. The van der Waals surface area contributed by atoms with Crippen LogP contribution >= 0.6 is 22.7 Å². The minimum atomic E-state index is -1.58. The summed E-state index contributed by atoms with van der Waals surface area (Å²) in [4.78, 5) is 17.4. The molecular weight excluding hydrogens is 553 g/mol. The normalized spacial score (nSPS) is 10.8. The lowest BCUT2D eigenvalue weighted by atomic mass is 10.00. The van der Waals surface area contributed by atoms with Crippen LogP contribution in [0.4, 0.5) is 0 Å². The summed E-state index contributed by atoms with van der Waals surface area (Å²) in [5, 5.41) is 0. The zero-order valence-corrected chi connectivity index (χ0v) is 27.9. The van der Waals surface area contributed by atoms with Gasteiger partial charge in [-0.25, -0.2) is 0 Å². The lowest BCUT2D eigenvalue weighted by Gasteiger charge is -2.17. The highest BCUT2D eigenvalue weighted by Gasteiger charge is 2.39. The fourth-order valence-corrected chi connectivity index (χ4v) is 10.2. The van der Waals surface area contributed by atoms with Gasteiger partial charge in [0.05, 0.1) is 23.4 Å². The van der Waals surface area contributed by atoms with Crippen molar-refractivity contribution in [2.75, 3.05) is 0 Å². The van der Waals surface area contributed by atoms with Crippen LogP contribution in [0.3, 0.4) is 0 Å². The first kappa shape index (κ1) is 32.3. The van der Waals surface area contributed by atoms with Crippen LogP contribution in [-0.4, -0.2) is 13.9 Å². The summed E-state index contributed by atoms with van der Waals surface area (Å²) in [5.74, 6) is 0.191. The maximum atomic E-state index is 13.9. The molecule has 2 heterocycles. The molecule has 1 aliphatic rings. The highest BCUT2D eigenvalue weighted by atomic mass is 32.1. The molecular formula is C37H40OS2Si. The minimum absolute atomic E-state index is 0.191. The first-order chi connectivity index (χ1) is 19.8. The van der Waals surface area contributed by atoms with E-state index in [0.29, 0.717) is 0 Å². The van der Waals surface area contributed by atoms with Crippen molar-refractivity contribution in [3.8, 4) is 9.75 Å². The fourth-order valence-electron chi connectivity index (χ4n) is 5.12. The van der Waals surface area contributed by atoms with Gasteiger partial charge in [-0.05, 0) is 88.3 Å². The summed E-state index contributed by atoms with van der Waals surface area (Å²) in [6.45, 7) is 15.0. The zero-order valence-electron chi connectivity index (χ0n) is 25.3. The van der Waals surface area contributed by atoms with Gasteiger partial charge in [0.2, 0.25) is 0 Å². The van der Waals surface area contributed by atoms with Crippen LogP contribution in [0.1, 0.15) is 103 Å². The molecule has 0 amide bonds. The van der Waals surface area contributed by atoms with Crippen LogP contribution < -0.4 is 4.50 Å². The smallest absolute Gasteiger partial charge is 0.196 e. The standard InChI is InChI=1S/C37H40OS2Si/c1-7-9-11-13-15-17-19-21-23-25-27-30-29(3)39-35-32(30)34(38)33-31(37(40-36(33)35)41(4,5)6)28-26-24-22-20-18-16-14-12-10-8-2/h27H,1,8,10,12,14,16,18,20,22,24,26,28H2,2-6H3. The number of hydrogen-bond acceptors (Lipinski definition) is 3. The van der Waals surface area contributed by atoms with Crippen molar-refractivity contribution in [1.82, 2.24) is 0 Å². The van der Waals surface area contributed by atoms with Crippen LogP contribution in [-0.2, 0) is 6.42 Å². The summed E-state index contributed by atoms with van der Waals surface area (Å²) in [5.41, 5.74) is 30.7. The van der Waals surface area contributed by atoms with E-state index in [9.17, 15) is 4.79 Å². The van der Waals surface area contributed by atoms with Crippen molar-refractivity contribution in [1.29, 1.82) is 0 Å². The highest BCUT2D eigenvalue weighted by molar-refractivity contribution is 7.32. The van der Waals surface area contributed by atoms with E-state index in [4.69, 9.17) is 0 Å². The van der Waals surface area contributed by atoms with Crippen LogP contribution in [0.15, 0.2) is 63.9 Å². The molecule has 1 nitrogen and oxygen atoms in total. The van der Waals surface area contributed by atoms with Gasteiger partial charge in [-0.2, -0.15) is 0 Å². The summed E-state index contributed by atoms with van der Waals surface area (Å²) in [7, 11) is -1.58. The number of unbranched alkanes of at least 4 members (excludes halogenated alkanes) is 9. The molecule has 0 saturated heterocycles. The van der Waals surface area contributed by atoms with E-state index in [2.05, 4.69) is 97.4 Å². The molecule has 0 aliphatic heterocycles. The molecule has 0 radical (unpaired) electrons. The lowest BCUT2D eigenvalue weighted by molar-refractivity contribution is 0.104. The Morgan fingerprint density at radius 2 is 1.27 bits per heavy atom. The lowest BCUT2D eigenvalue weighted by Crippen LogP contribution is -2.38. The SMILES string of the molecule is C=C=C=C=C=C=C=C=C=C=C=Cc1c(C)sc2c1C(=O)c1c-2sc([Si](C)(C)C)c1CCCCCCCCCCCC. The maximum Gasteiger partial charge on any atom is 0.196 e. The topological polar surface area (TPSA) is 17.1 Å². The van der Waals surface area contributed by atoms with Crippen molar-refractivity contribution < 1.29 is 4.79 Å². The predicted molar refractivity (Wildman–Crippen MR) is 180 cm³/mol. The molecule has 2 aromatic rings. The third-order valence-electron chi connectivity index (χ3n) is 7.07. The number of aryl methyl sites for hydroxylation is 1. The molecule has 4 heteroatoms. The summed E-state index contributed by atoms with van der Waals surface area (Å²) in [6, 6.07) is 0. The Kier molecular flexibility index (Phi) is 12.9. The van der Waals surface area contributed by atoms with E-state index in [1.54, 1.807) is 11.3 Å². The van der Waals surface area contributed by atoms with Gasteiger partial charge >= 0.3 is 0 Å². The average Bonchev–Trinajstić information content (AvgIpc) is 3.55. The summed E-state index contributed by atoms with van der Waals surface area (Å²) < 4.78 is 1.51. The molecule has 2 aromatic heterocycles. The first-order valence-corrected chi connectivity index (χ1v) is 19.9. The van der Waals surface area contributed by atoms with E-state index in [-0.39, 0.29) is 5.78 Å². The van der Waals surface area contributed by atoms with Crippen molar-refractivity contribution in [2.24, 2.45) is 0 Å². The average molecular weight is 593 g/mol. The van der Waals surface area contributed by atoms with Crippen LogP contribution in [0.5, 0.6) is 0 Å². The number of ketones is 1. The van der Waals surface area contributed by atoms with E-state index in [1.165, 1.54) is 72.7 Å². The summed E-state index contributed by atoms with van der Waals surface area (Å²) >= 11 is 3.62. The Morgan fingerprint density at radius 3 is 1.85 bits per heavy atom. The largest absolute Gasteiger partial charge is 0.288 e. The van der Waals surface area contributed by atoms with E-state index < -0.39 is 8.07 Å². The van der Waals surface area contributed by atoms with Gasteiger partial charge in [0.15, 0.2) is 5.78 Å². The second-order valence-corrected chi connectivity index (χ2v) is 19.0. The molecule has 0 N–H and O–H groups in total.